The summed E-state index contributed by atoms with van der Waals surface area (Å²) in [6.07, 6.45) is 4.32. The Hall–Kier alpha value is -1.06. The average Bonchev–Trinajstić information content (AvgIpc) is 2.42. The van der Waals surface area contributed by atoms with Crippen LogP contribution in [0.4, 0.5) is 0 Å². The predicted molar refractivity (Wildman–Crippen MR) is 79.4 cm³/mol. The van der Waals surface area contributed by atoms with Gasteiger partial charge in [-0.25, -0.2) is 0 Å². The lowest BCUT2D eigenvalue weighted by Crippen LogP contribution is -2.27. The molecule has 0 heterocycles. The van der Waals surface area contributed by atoms with Crippen molar-refractivity contribution in [2.24, 2.45) is 5.92 Å². The second kappa shape index (κ2) is 8.94. The lowest BCUT2D eigenvalue weighted by molar-refractivity contribution is 0.227. The zero-order valence-electron chi connectivity index (χ0n) is 12.1. The lowest BCUT2D eigenvalue weighted by Gasteiger charge is -2.14. The normalized spacial score (nSPS) is 14.3. The zero-order valence-corrected chi connectivity index (χ0v) is 12.1. The first kappa shape index (κ1) is 16.0. The number of phenolic OH excluding ortho intramolecular Hbond substituents is 1. The molecule has 1 aromatic rings. The maximum absolute atomic E-state index is 9.21. The smallest absolute Gasteiger partial charge is 0.115 e. The van der Waals surface area contributed by atoms with Crippen LogP contribution in [0, 0.1) is 5.92 Å². The topological polar surface area (TPSA) is 52.5 Å². The minimum Gasteiger partial charge on any atom is -0.508 e. The summed E-state index contributed by atoms with van der Waals surface area (Å²) in [5.74, 6) is 0.738. The Labute approximate surface area is 116 Å². The summed E-state index contributed by atoms with van der Waals surface area (Å²) < 4.78 is 0. The van der Waals surface area contributed by atoms with Crippen LogP contribution in [0.25, 0.3) is 0 Å². The Morgan fingerprint density at radius 1 is 1.11 bits per heavy atom. The van der Waals surface area contributed by atoms with Crippen LogP contribution in [-0.2, 0) is 6.42 Å². The Bertz CT molecular complexity index is 337. The van der Waals surface area contributed by atoms with E-state index in [1.807, 2.05) is 12.1 Å². The molecule has 3 heteroatoms. The molecule has 0 aromatic heterocycles. The van der Waals surface area contributed by atoms with Crippen LogP contribution in [0.15, 0.2) is 24.3 Å². The van der Waals surface area contributed by atoms with Gasteiger partial charge < -0.3 is 15.5 Å². The molecule has 3 nitrogen and oxygen atoms in total. The number of aryl methyl sites for hydroxylation is 1. The van der Waals surface area contributed by atoms with Gasteiger partial charge in [0.25, 0.3) is 0 Å². The number of aliphatic hydroxyl groups is 1. The minimum atomic E-state index is 0.288. The van der Waals surface area contributed by atoms with Gasteiger partial charge in [0, 0.05) is 12.6 Å². The van der Waals surface area contributed by atoms with Gasteiger partial charge in [0.1, 0.15) is 5.75 Å². The van der Waals surface area contributed by atoms with Gasteiger partial charge in [-0.3, -0.25) is 0 Å². The van der Waals surface area contributed by atoms with E-state index in [0.717, 1.165) is 32.2 Å². The fraction of sp³-hybridized carbons (Fsp3) is 0.625. The van der Waals surface area contributed by atoms with Crippen LogP contribution in [0.1, 0.15) is 38.7 Å². The molecule has 0 amide bonds. The first-order chi connectivity index (χ1) is 9.11. The highest BCUT2D eigenvalue weighted by Gasteiger charge is 2.03. The highest BCUT2D eigenvalue weighted by molar-refractivity contribution is 5.25. The van der Waals surface area contributed by atoms with Crippen LogP contribution in [0.2, 0.25) is 0 Å². The molecule has 0 radical (unpaired) electrons. The molecule has 108 valence electrons. The van der Waals surface area contributed by atoms with Crippen molar-refractivity contribution in [3.63, 3.8) is 0 Å². The van der Waals surface area contributed by atoms with Crippen molar-refractivity contribution < 1.29 is 10.2 Å². The number of hydrogen-bond acceptors (Lipinski definition) is 3. The van der Waals surface area contributed by atoms with E-state index in [0.29, 0.717) is 17.7 Å². The van der Waals surface area contributed by atoms with Gasteiger partial charge in [-0.15, -0.1) is 0 Å². The Kier molecular flexibility index (Phi) is 7.53. The Balaban J connectivity index is 2.10. The maximum atomic E-state index is 9.21. The SMILES string of the molecule is CC(CO)CCCNC(C)CCc1ccc(O)cc1. The number of phenols is 1. The number of nitrogens with one attached hydrogen (secondary N) is 1. The number of aliphatic hydroxyl groups excluding tert-OH is 1. The first-order valence-corrected chi connectivity index (χ1v) is 7.24. The van der Waals surface area contributed by atoms with E-state index >= 15 is 0 Å². The minimum absolute atomic E-state index is 0.288. The van der Waals surface area contributed by atoms with Gasteiger partial charge in [0.15, 0.2) is 0 Å². The molecule has 0 saturated carbocycles. The zero-order chi connectivity index (χ0) is 14.1. The number of rotatable bonds is 9. The second-order valence-electron chi connectivity index (χ2n) is 5.49. The standard InChI is InChI=1S/C16H27NO2/c1-13(12-18)4-3-11-17-14(2)5-6-15-7-9-16(19)10-8-15/h7-10,13-14,17-19H,3-6,11-12H2,1-2H3. The van der Waals surface area contributed by atoms with Gasteiger partial charge in [0.2, 0.25) is 0 Å². The summed E-state index contributed by atoms with van der Waals surface area (Å²) in [4.78, 5) is 0. The molecular formula is C16H27NO2. The van der Waals surface area contributed by atoms with Crippen molar-refractivity contribution in [3.8, 4) is 5.75 Å². The van der Waals surface area contributed by atoms with Gasteiger partial charge >= 0.3 is 0 Å². The highest BCUT2D eigenvalue weighted by Crippen LogP contribution is 2.12. The van der Waals surface area contributed by atoms with Crippen molar-refractivity contribution in [1.82, 2.24) is 5.32 Å². The monoisotopic (exact) mass is 265 g/mol. The van der Waals surface area contributed by atoms with E-state index in [1.54, 1.807) is 12.1 Å². The molecule has 2 atom stereocenters. The van der Waals surface area contributed by atoms with Crippen molar-refractivity contribution >= 4 is 0 Å². The third kappa shape index (κ3) is 7.19. The molecule has 19 heavy (non-hydrogen) atoms. The molecule has 2 unspecified atom stereocenters. The fourth-order valence-corrected chi connectivity index (χ4v) is 2.04. The van der Waals surface area contributed by atoms with Crippen LogP contribution < -0.4 is 5.32 Å². The summed E-state index contributed by atoms with van der Waals surface area (Å²) in [6, 6.07) is 7.93. The average molecular weight is 265 g/mol. The highest BCUT2D eigenvalue weighted by atomic mass is 16.3. The van der Waals surface area contributed by atoms with Gasteiger partial charge in [0.05, 0.1) is 0 Å². The van der Waals surface area contributed by atoms with Gasteiger partial charge in [-0.2, -0.15) is 0 Å². The van der Waals surface area contributed by atoms with Crippen molar-refractivity contribution in [1.29, 1.82) is 0 Å². The van der Waals surface area contributed by atoms with Crippen LogP contribution in [-0.4, -0.2) is 29.4 Å². The summed E-state index contributed by atoms with van der Waals surface area (Å²) in [5, 5.41) is 21.7. The molecule has 1 aromatic carbocycles. The van der Waals surface area contributed by atoms with E-state index < -0.39 is 0 Å². The van der Waals surface area contributed by atoms with Crippen LogP contribution in [0.3, 0.4) is 0 Å². The van der Waals surface area contributed by atoms with Crippen molar-refractivity contribution in [2.45, 2.75) is 45.6 Å². The second-order valence-corrected chi connectivity index (χ2v) is 5.49. The largest absolute Gasteiger partial charge is 0.508 e. The number of benzene rings is 1. The quantitative estimate of drug-likeness (QED) is 0.602. The van der Waals surface area contributed by atoms with E-state index in [2.05, 4.69) is 19.2 Å². The Morgan fingerprint density at radius 3 is 2.42 bits per heavy atom. The number of aromatic hydroxyl groups is 1. The van der Waals surface area contributed by atoms with Crippen molar-refractivity contribution in [3.05, 3.63) is 29.8 Å². The molecule has 0 bridgehead atoms. The molecule has 1 rings (SSSR count). The predicted octanol–water partition coefficient (Wildman–Crippen LogP) is 2.71. The molecule has 0 aliphatic heterocycles. The third-order valence-electron chi connectivity index (χ3n) is 3.48. The molecule has 0 saturated heterocycles. The molecule has 0 aliphatic rings. The summed E-state index contributed by atoms with van der Waals surface area (Å²) in [7, 11) is 0. The van der Waals surface area contributed by atoms with E-state index in [9.17, 15) is 5.11 Å². The summed E-state index contributed by atoms with van der Waals surface area (Å²) >= 11 is 0. The molecule has 0 fully saturated rings. The number of hydrogen-bond donors (Lipinski definition) is 3. The lowest BCUT2D eigenvalue weighted by atomic mass is 10.0. The Morgan fingerprint density at radius 2 is 1.79 bits per heavy atom. The molecule has 3 N–H and O–H groups in total. The van der Waals surface area contributed by atoms with Gasteiger partial charge in [-0.1, -0.05) is 19.1 Å². The molecule has 0 aliphatic carbocycles. The van der Waals surface area contributed by atoms with Crippen LogP contribution >= 0.6 is 0 Å². The summed E-state index contributed by atoms with van der Waals surface area (Å²) in [6.45, 7) is 5.58. The molecule has 0 spiro atoms. The van der Waals surface area contributed by atoms with Crippen LogP contribution in [0.5, 0.6) is 5.75 Å². The van der Waals surface area contributed by atoms with Gasteiger partial charge in [-0.05, 0) is 62.8 Å². The first-order valence-electron chi connectivity index (χ1n) is 7.24. The summed E-state index contributed by atoms with van der Waals surface area (Å²) in [5.41, 5.74) is 1.26. The maximum Gasteiger partial charge on any atom is 0.115 e. The van der Waals surface area contributed by atoms with Crippen molar-refractivity contribution in [2.75, 3.05) is 13.2 Å². The molecular weight excluding hydrogens is 238 g/mol. The van der Waals surface area contributed by atoms with E-state index in [1.165, 1.54) is 5.56 Å². The third-order valence-corrected chi connectivity index (χ3v) is 3.48. The fourth-order valence-electron chi connectivity index (χ4n) is 2.04. The van der Waals surface area contributed by atoms with E-state index in [4.69, 9.17) is 5.11 Å². The van der Waals surface area contributed by atoms with E-state index in [-0.39, 0.29) is 6.61 Å².